The van der Waals surface area contributed by atoms with E-state index in [2.05, 4.69) is 34.8 Å². The van der Waals surface area contributed by atoms with E-state index in [1.54, 1.807) is 4.68 Å². The summed E-state index contributed by atoms with van der Waals surface area (Å²) in [5, 5.41) is 13.9. The van der Waals surface area contributed by atoms with Crippen molar-refractivity contribution in [3.63, 3.8) is 0 Å². The Hall–Kier alpha value is -2.17. The topological polar surface area (TPSA) is 228 Å². The second kappa shape index (κ2) is 40.2. The van der Waals surface area contributed by atoms with Crippen LogP contribution in [0.2, 0.25) is 0 Å². The van der Waals surface area contributed by atoms with Crippen LogP contribution in [0.25, 0.3) is 0 Å². The number of carbonyl (C=O) groups is 2. The molecule has 0 aliphatic heterocycles. The van der Waals surface area contributed by atoms with E-state index in [1.807, 2.05) is 6.20 Å². The van der Waals surface area contributed by atoms with Gasteiger partial charge in [0, 0.05) is 38.7 Å². The Bertz CT molecular complexity index is 1140. The third-order valence-electron chi connectivity index (χ3n) is 7.56. The molecule has 0 radical (unpaired) electrons. The fourth-order valence-electron chi connectivity index (χ4n) is 4.50. The SMILES string of the molecule is CCCCNC(=O)CCOCCOCCNC(=O)CCOCCOCCn1cc(CCCCOP(=O)(O)OCCOCCOCCOCCOCCOCCC)nn1. The minimum atomic E-state index is -4.17. The minimum absolute atomic E-state index is 0.00769. The molecule has 20 nitrogen and oxygen atoms in total. The van der Waals surface area contributed by atoms with Gasteiger partial charge in [0.2, 0.25) is 11.8 Å². The Morgan fingerprint density at radius 3 is 1.59 bits per heavy atom. The Labute approximate surface area is 344 Å². The molecule has 0 spiro atoms. The molecule has 1 heterocycles. The summed E-state index contributed by atoms with van der Waals surface area (Å²) in [6, 6.07) is 0. The van der Waals surface area contributed by atoms with Crippen LogP contribution in [0.5, 0.6) is 0 Å². The zero-order chi connectivity index (χ0) is 42.0. The van der Waals surface area contributed by atoms with Crippen molar-refractivity contribution in [2.75, 3.05) is 145 Å². The summed E-state index contributed by atoms with van der Waals surface area (Å²) in [6.45, 7) is 13.3. The zero-order valence-electron chi connectivity index (χ0n) is 34.9. The Morgan fingerprint density at radius 2 is 1.03 bits per heavy atom. The minimum Gasteiger partial charge on any atom is -0.379 e. The molecule has 2 amide bonds. The highest BCUT2D eigenvalue weighted by Crippen LogP contribution is 2.43. The quantitative estimate of drug-likeness (QED) is 0.0630. The van der Waals surface area contributed by atoms with Gasteiger partial charge in [0.25, 0.3) is 0 Å². The molecule has 58 heavy (non-hydrogen) atoms. The van der Waals surface area contributed by atoms with Crippen molar-refractivity contribution in [1.82, 2.24) is 25.6 Å². The molecule has 1 aromatic heterocycles. The highest BCUT2D eigenvalue weighted by Gasteiger charge is 2.20. The van der Waals surface area contributed by atoms with Gasteiger partial charge >= 0.3 is 7.82 Å². The predicted molar refractivity (Wildman–Crippen MR) is 213 cm³/mol. The van der Waals surface area contributed by atoms with Crippen molar-refractivity contribution in [3.8, 4) is 0 Å². The lowest BCUT2D eigenvalue weighted by molar-refractivity contribution is -0.123. The van der Waals surface area contributed by atoms with Crippen LogP contribution in [0.1, 0.15) is 64.5 Å². The summed E-state index contributed by atoms with van der Waals surface area (Å²) in [7, 11) is -4.17. The third kappa shape index (κ3) is 36.9. The second-order valence-corrected chi connectivity index (χ2v) is 14.1. The fraction of sp³-hybridized carbons (Fsp3) is 0.892. The van der Waals surface area contributed by atoms with Gasteiger partial charge in [-0.2, -0.15) is 0 Å². The van der Waals surface area contributed by atoms with Gasteiger partial charge < -0.3 is 58.2 Å². The molecule has 1 aromatic rings. The lowest BCUT2D eigenvalue weighted by atomic mass is 10.2. The number of aromatic nitrogens is 3. The molecule has 1 unspecified atom stereocenters. The first-order valence-corrected chi connectivity index (χ1v) is 22.1. The number of amides is 2. The average Bonchev–Trinajstić information content (AvgIpc) is 3.66. The van der Waals surface area contributed by atoms with Gasteiger partial charge in [-0.05, 0) is 32.1 Å². The molecule has 0 bridgehead atoms. The van der Waals surface area contributed by atoms with E-state index in [-0.39, 0.29) is 44.7 Å². The van der Waals surface area contributed by atoms with Crippen molar-refractivity contribution >= 4 is 19.6 Å². The summed E-state index contributed by atoms with van der Waals surface area (Å²) in [6.07, 6.45) is 7.28. The number of hydrogen-bond acceptors (Lipinski definition) is 16. The van der Waals surface area contributed by atoms with Gasteiger partial charge in [-0.25, -0.2) is 9.25 Å². The van der Waals surface area contributed by atoms with Crippen molar-refractivity contribution in [2.45, 2.75) is 71.8 Å². The number of aryl methyl sites for hydroxylation is 1. The first-order chi connectivity index (χ1) is 28.4. The van der Waals surface area contributed by atoms with E-state index in [0.29, 0.717) is 144 Å². The standard InChI is InChI=1S/C37H72N5O15P/c1-3-5-11-38-36(43)9-16-48-21-23-50-18-12-39-37(44)10-17-49-22-24-51-19-13-42-34-35(40-41-42)8-6-7-15-56-58(45,46)57-33-32-55-31-30-54-29-28-53-27-26-52-25-20-47-14-4-2/h34H,3-33H2,1-2H3,(H,38,43)(H,39,44)(H,45,46). The summed E-state index contributed by atoms with van der Waals surface area (Å²) < 4.78 is 72.5. The van der Waals surface area contributed by atoms with E-state index in [9.17, 15) is 19.0 Å². The number of ether oxygens (including phenoxy) is 9. The summed E-state index contributed by atoms with van der Waals surface area (Å²) in [5.74, 6) is -0.130. The van der Waals surface area contributed by atoms with Crippen molar-refractivity contribution < 1.29 is 70.7 Å². The van der Waals surface area contributed by atoms with Crippen LogP contribution < -0.4 is 10.6 Å². The molecule has 0 fully saturated rings. The van der Waals surface area contributed by atoms with Gasteiger partial charge in [-0.1, -0.05) is 25.5 Å². The number of phosphoric acid groups is 1. The first-order valence-electron chi connectivity index (χ1n) is 20.6. The zero-order valence-corrected chi connectivity index (χ0v) is 35.8. The molecule has 0 aliphatic carbocycles. The largest absolute Gasteiger partial charge is 0.472 e. The molecule has 1 rings (SSSR count). The van der Waals surface area contributed by atoms with E-state index in [4.69, 9.17) is 51.7 Å². The van der Waals surface area contributed by atoms with Crippen LogP contribution in [-0.2, 0) is 78.8 Å². The number of hydrogen-bond donors (Lipinski definition) is 3. The van der Waals surface area contributed by atoms with Crippen LogP contribution in [0.15, 0.2) is 6.20 Å². The Kier molecular flexibility index (Phi) is 37.4. The van der Waals surface area contributed by atoms with Crippen molar-refractivity contribution in [3.05, 3.63) is 11.9 Å². The molecule has 1 atom stereocenters. The number of unbranched alkanes of at least 4 members (excludes halogenated alkanes) is 2. The third-order valence-corrected chi connectivity index (χ3v) is 8.58. The fourth-order valence-corrected chi connectivity index (χ4v) is 5.24. The maximum absolute atomic E-state index is 12.1. The van der Waals surface area contributed by atoms with Gasteiger partial charge in [-0.15, -0.1) is 5.10 Å². The van der Waals surface area contributed by atoms with Gasteiger partial charge in [-0.3, -0.25) is 18.6 Å². The average molecular weight is 858 g/mol. The predicted octanol–water partition coefficient (Wildman–Crippen LogP) is 2.11. The molecule has 21 heteroatoms. The number of phosphoric ester groups is 1. The molecular weight excluding hydrogens is 785 g/mol. The number of nitrogens with one attached hydrogen (secondary N) is 2. The lowest BCUT2D eigenvalue weighted by Gasteiger charge is -2.12. The monoisotopic (exact) mass is 857 g/mol. The smallest absolute Gasteiger partial charge is 0.379 e. The maximum Gasteiger partial charge on any atom is 0.472 e. The van der Waals surface area contributed by atoms with Gasteiger partial charge in [0.05, 0.1) is 138 Å². The van der Waals surface area contributed by atoms with Gasteiger partial charge in [0.1, 0.15) is 0 Å². The molecule has 0 aliphatic rings. The number of rotatable bonds is 45. The van der Waals surface area contributed by atoms with Crippen LogP contribution in [0.3, 0.4) is 0 Å². The molecule has 340 valence electrons. The van der Waals surface area contributed by atoms with Crippen LogP contribution >= 0.6 is 7.82 Å². The number of nitrogens with zero attached hydrogens (tertiary/aromatic N) is 3. The Morgan fingerprint density at radius 1 is 0.569 bits per heavy atom. The van der Waals surface area contributed by atoms with Crippen LogP contribution in [0.4, 0.5) is 0 Å². The molecule has 0 aromatic carbocycles. The first kappa shape index (κ1) is 53.8. The molecule has 3 N–H and O–H groups in total. The van der Waals surface area contributed by atoms with Crippen LogP contribution in [0, 0.1) is 0 Å². The van der Waals surface area contributed by atoms with E-state index in [1.165, 1.54) is 0 Å². The van der Waals surface area contributed by atoms with E-state index >= 15 is 0 Å². The van der Waals surface area contributed by atoms with Crippen molar-refractivity contribution in [2.24, 2.45) is 0 Å². The molecule has 0 saturated heterocycles. The summed E-state index contributed by atoms with van der Waals surface area (Å²) in [5.41, 5.74) is 0.795. The van der Waals surface area contributed by atoms with Crippen molar-refractivity contribution in [1.29, 1.82) is 0 Å². The van der Waals surface area contributed by atoms with E-state index < -0.39 is 7.82 Å². The summed E-state index contributed by atoms with van der Waals surface area (Å²) >= 11 is 0. The van der Waals surface area contributed by atoms with Gasteiger partial charge in [0.15, 0.2) is 0 Å². The lowest BCUT2D eigenvalue weighted by Crippen LogP contribution is -2.28. The second-order valence-electron chi connectivity index (χ2n) is 12.6. The highest BCUT2D eigenvalue weighted by atomic mass is 31.2. The number of carbonyl (C=O) groups excluding carboxylic acids is 2. The molecular formula is C37H72N5O15P. The Balaban J connectivity index is 1.87. The van der Waals surface area contributed by atoms with Crippen LogP contribution in [-0.4, -0.2) is 177 Å². The maximum atomic E-state index is 12.1. The highest BCUT2D eigenvalue weighted by molar-refractivity contribution is 7.47. The summed E-state index contributed by atoms with van der Waals surface area (Å²) in [4.78, 5) is 33.4. The normalized spacial score (nSPS) is 12.5. The van der Waals surface area contributed by atoms with E-state index in [0.717, 1.165) is 31.6 Å². The molecule has 0 saturated carbocycles.